The zero-order chi connectivity index (χ0) is 23.0. The Kier molecular flexibility index (Phi) is 5.53. The highest BCUT2D eigenvalue weighted by molar-refractivity contribution is 6.03. The third-order valence-corrected chi connectivity index (χ3v) is 7.76. The van der Waals surface area contributed by atoms with Crippen LogP contribution < -0.4 is 10.1 Å². The van der Waals surface area contributed by atoms with E-state index in [0.29, 0.717) is 5.69 Å². The van der Waals surface area contributed by atoms with Crippen LogP contribution in [0.3, 0.4) is 0 Å². The fraction of sp³-hybridized carbons (Fsp3) is 0.393. The first kappa shape index (κ1) is 21.3. The van der Waals surface area contributed by atoms with Crippen molar-refractivity contribution in [2.45, 2.75) is 56.6 Å². The minimum atomic E-state index is -0.240. The van der Waals surface area contributed by atoms with Gasteiger partial charge in [0, 0.05) is 30.4 Å². The van der Waals surface area contributed by atoms with E-state index in [1.807, 2.05) is 48.5 Å². The van der Waals surface area contributed by atoms with Gasteiger partial charge in [-0.05, 0) is 68.4 Å². The molecule has 1 aliphatic carbocycles. The molecule has 2 aromatic carbocycles. The van der Waals surface area contributed by atoms with Crippen LogP contribution in [0.5, 0.6) is 5.75 Å². The second-order valence-corrected chi connectivity index (χ2v) is 9.84. The molecule has 0 unspecified atom stereocenters. The number of amides is 1. The third-order valence-electron chi connectivity index (χ3n) is 7.76. The number of carbonyl (C=O) groups is 1. The van der Waals surface area contributed by atoms with Gasteiger partial charge in [0.2, 0.25) is 0 Å². The number of piperidine rings is 1. The van der Waals surface area contributed by atoms with Crippen LogP contribution in [-0.4, -0.2) is 45.5 Å². The molecule has 0 atom stereocenters. The van der Waals surface area contributed by atoms with Crippen LogP contribution in [0.15, 0.2) is 60.9 Å². The molecule has 34 heavy (non-hydrogen) atoms. The Balaban J connectivity index is 1.12. The number of aryl methyl sites for hydroxylation is 1. The monoisotopic (exact) mass is 454 g/mol. The first-order chi connectivity index (χ1) is 16.7. The molecule has 3 aliphatic rings. The Morgan fingerprint density at radius 1 is 1.00 bits per heavy atom. The van der Waals surface area contributed by atoms with E-state index in [-0.39, 0.29) is 11.5 Å². The molecule has 1 amide bonds. The SMILES string of the molecule is O=C(Nc1ccc2c(c1)CCC1(CCN(C3CCC3)CC1)O2)c1cc(-c2ccccc2)ncn1. The van der Waals surface area contributed by atoms with E-state index in [0.717, 1.165) is 73.1 Å². The molecule has 2 fully saturated rings. The van der Waals surface area contributed by atoms with Crippen molar-refractivity contribution < 1.29 is 9.53 Å². The number of anilines is 1. The number of fused-ring (bicyclic) bond motifs is 1. The average Bonchev–Trinajstić information content (AvgIpc) is 2.85. The van der Waals surface area contributed by atoms with Gasteiger partial charge in [0.05, 0.1) is 5.69 Å². The fourth-order valence-corrected chi connectivity index (χ4v) is 5.44. The van der Waals surface area contributed by atoms with Crippen molar-refractivity contribution in [3.05, 3.63) is 72.2 Å². The lowest BCUT2D eigenvalue weighted by atomic mass is 9.81. The molecule has 0 radical (unpaired) electrons. The molecule has 6 rings (SSSR count). The molecular formula is C28H30N4O2. The molecule has 1 N–H and O–H groups in total. The van der Waals surface area contributed by atoms with Crippen LogP contribution in [0.4, 0.5) is 5.69 Å². The Labute approximate surface area is 200 Å². The average molecular weight is 455 g/mol. The van der Waals surface area contributed by atoms with Crippen molar-refractivity contribution in [2.75, 3.05) is 18.4 Å². The second kappa shape index (κ2) is 8.84. The number of benzene rings is 2. The Hall–Kier alpha value is -3.25. The predicted octanol–water partition coefficient (Wildman–Crippen LogP) is 5.11. The lowest BCUT2D eigenvalue weighted by Gasteiger charge is -2.48. The van der Waals surface area contributed by atoms with Crippen molar-refractivity contribution in [1.29, 1.82) is 0 Å². The lowest BCUT2D eigenvalue weighted by molar-refractivity contribution is -0.0336. The summed E-state index contributed by atoms with van der Waals surface area (Å²) in [5.74, 6) is 0.728. The fourth-order valence-electron chi connectivity index (χ4n) is 5.44. The molecule has 0 bridgehead atoms. The van der Waals surface area contributed by atoms with Gasteiger partial charge in [-0.1, -0.05) is 36.8 Å². The first-order valence-corrected chi connectivity index (χ1v) is 12.4. The Bertz CT molecular complexity index is 1180. The number of hydrogen-bond donors (Lipinski definition) is 1. The summed E-state index contributed by atoms with van der Waals surface area (Å²) in [6.45, 7) is 2.30. The maximum atomic E-state index is 12.9. The summed E-state index contributed by atoms with van der Waals surface area (Å²) in [4.78, 5) is 24.0. The van der Waals surface area contributed by atoms with Crippen LogP contribution in [-0.2, 0) is 6.42 Å². The third kappa shape index (κ3) is 4.18. The topological polar surface area (TPSA) is 67.4 Å². The molecule has 3 aromatic rings. The predicted molar refractivity (Wildman–Crippen MR) is 132 cm³/mol. The second-order valence-electron chi connectivity index (χ2n) is 9.84. The molecule has 174 valence electrons. The summed E-state index contributed by atoms with van der Waals surface area (Å²) in [6, 6.07) is 18.3. The van der Waals surface area contributed by atoms with Crippen LogP contribution in [0, 0.1) is 0 Å². The molecule has 1 saturated heterocycles. The number of aromatic nitrogens is 2. The van der Waals surface area contributed by atoms with E-state index in [1.54, 1.807) is 6.07 Å². The van der Waals surface area contributed by atoms with E-state index in [1.165, 1.54) is 25.6 Å². The zero-order valence-corrected chi connectivity index (χ0v) is 19.4. The summed E-state index contributed by atoms with van der Waals surface area (Å²) < 4.78 is 6.59. The van der Waals surface area contributed by atoms with Crippen LogP contribution in [0.1, 0.15) is 54.6 Å². The summed E-state index contributed by atoms with van der Waals surface area (Å²) in [5.41, 5.74) is 3.94. The number of carbonyl (C=O) groups excluding carboxylic acids is 1. The lowest BCUT2D eigenvalue weighted by Crippen LogP contribution is -2.53. The van der Waals surface area contributed by atoms with Gasteiger partial charge in [-0.2, -0.15) is 0 Å². The molecule has 2 aliphatic heterocycles. The van der Waals surface area contributed by atoms with E-state index in [4.69, 9.17) is 4.74 Å². The van der Waals surface area contributed by atoms with Crippen molar-refractivity contribution >= 4 is 11.6 Å². The number of rotatable bonds is 4. The maximum absolute atomic E-state index is 12.9. The van der Waals surface area contributed by atoms with Gasteiger partial charge in [0.1, 0.15) is 23.4 Å². The standard InChI is InChI=1S/C28H30N4O2/c33-27(25-18-24(29-19-30-25)20-5-2-1-3-6-20)31-22-9-10-26-21(17-22)11-12-28(34-26)13-15-32(16-14-28)23-7-4-8-23/h1-3,5-6,9-10,17-19,23H,4,7-8,11-16H2,(H,31,33). The molecule has 6 nitrogen and oxygen atoms in total. The van der Waals surface area contributed by atoms with Gasteiger partial charge in [-0.3, -0.25) is 4.79 Å². The van der Waals surface area contributed by atoms with E-state index >= 15 is 0 Å². The van der Waals surface area contributed by atoms with Crippen molar-refractivity contribution in [1.82, 2.24) is 14.9 Å². The molecule has 3 heterocycles. The minimum Gasteiger partial charge on any atom is -0.487 e. The number of nitrogens with one attached hydrogen (secondary N) is 1. The van der Waals surface area contributed by atoms with Gasteiger partial charge in [0.25, 0.3) is 5.91 Å². The Morgan fingerprint density at radius 2 is 1.82 bits per heavy atom. The Morgan fingerprint density at radius 3 is 2.59 bits per heavy atom. The van der Waals surface area contributed by atoms with Crippen molar-refractivity contribution in [2.24, 2.45) is 0 Å². The van der Waals surface area contributed by atoms with Gasteiger partial charge in [0.15, 0.2) is 0 Å². The summed E-state index contributed by atoms with van der Waals surface area (Å²) in [6.07, 6.45) is 9.81. The quantitative estimate of drug-likeness (QED) is 0.594. The summed E-state index contributed by atoms with van der Waals surface area (Å²) in [7, 11) is 0. The number of nitrogens with zero attached hydrogens (tertiary/aromatic N) is 3. The smallest absolute Gasteiger partial charge is 0.274 e. The van der Waals surface area contributed by atoms with Gasteiger partial charge in [-0.25, -0.2) is 9.97 Å². The van der Waals surface area contributed by atoms with Gasteiger partial charge in [-0.15, -0.1) is 0 Å². The van der Waals surface area contributed by atoms with Crippen LogP contribution >= 0.6 is 0 Å². The van der Waals surface area contributed by atoms with Crippen molar-refractivity contribution in [3.8, 4) is 17.0 Å². The summed E-state index contributed by atoms with van der Waals surface area (Å²) >= 11 is 0. The normalized spacial score (nSPS) is 19.6. The molecule has 1 aromatic heterocycles. The van der Waals surface area contributed by atoms with E-state index in [2.05, 4.69) is 20.2 Å². The summed E-state index contributed by atoms with van der Waals surface area (Å²) in [5, 5.41) is 3.00. The molecular weight excluding hydrogens is 424 g/mol. The largest absolute Gasteiger partial charge is 0.487 e. The van der Waals surface area contributed by atoms with Crippen LogP contribution in [0.25, 0.3) is 11.3 Å². The molecule has 1 saturated carbocycles. The molecule has 1 spiro atoms. The number of likely N-dealkylation sites (tertiary alicyclic amines) is 1. The number of hydrogen-bond acceptors (Lipinski definition) is 5. The minimum absolute atomic E-state index is 0.0210. The first-order valence-electron chi connectivity index (χ1n) is 12.4. The number of ether oxygens (including phenoxy) is 1. The highest BCUT2D eigenvalue weighted by Crippen LogP contribution is 2.41. The molecule has 6 heteroatoms. The maximum Gasteiger partial charge on any atom is 0.274 e. The van der Waals surface area contributed by atoms with Crippen LogP contribution in [0.2, 0.25) is 0 Å². The highest BCUT2D eigenvalue weighted by Gasteiger charge is 2.41. The van der Waals surface area contributed by atoms with Gasteiger partial charge < -0.3 is 15.0 Å². The van der Waals surface area contributed by atoms with Gasteiger partial charge >= 0.3 is 0 Å². The van der Waals surface area contributed by atoms with Crippen molar-refractivity contribution in [3.63, 3.8) is 0 Å². The van der Waals surface area contributed by atoms with E-state index in [9.17, 15) is 4.79 Å². The highest BCUT2D eigenvalue weighted by atomic mass is 16.5. The zero-order valence-electron chi connectivity index (χ0n) is 19.4. The van der Waals surface area contributed by atoms with E-state index < -0.39 is 0 Å².